The van der Waals surface area contributed by atoms with Gasteiger partial charge in [0.1, 0.15) is 11.3 Å². The third-order valence-corrected chi connectivity index (χ3v) is 5.48. The van der Waals surface area contributed by atoms with Crippen LogP contribution in [0.4, 0.5) is 0 Å². The van der Waals surface area contributed by atoms with E-state index in [1.165, 1.54) is 43.9 Å². The van der Waals surface area contributed by atoms with Crippen molar-refractivity contribution in [3.8, 4) is 11.1 Å². The lowest BCUT2D eigenvalue weighted by molar-refractivity contribution is 0.546. The Hall–Kier alpha value is -3.26. The molecule has 0 bridgehead atoms. The van der Waals surface area contributed by atoms with Gasteiger partial charge in [-0.2, -0.15) is 0 Å². The fourth-order valence-electron chi connectivity index (χ4n) is 4.23. The van der Waals surface area contributed by atoms with E-state index in [1.54, 1.807) is 0 Å². The van der Waals surface area contributed by atoms with Gasteiger partial charge >= 0.3 is 0 Å². The molecule has 0 aliphatic heterocycles. The minimum Gasteiger partial charge on any atom is -0.460 e. The molecule has 0 saturated heterocycles. The average Bonchev–Trinajstić information content (AvgIpc) is 3.25. The molecular formula is C24H17NO. The van der Waals surface area contributed by atoms with Gasteiger partial charge in [0.25, 0.3) is 0 Å². The monoisotopic (exact) mass is 335 g/mol. The number of aromatic nitrogens is 1. The minimum atomic E-state index is 0.979. The lowest BCUT2D eigenvalue weighted by Gasteiger charge is -2.04. The van der Waals surface area contributed by atoms with Crippen LogP contribution < -0.4 is 0 Å². The first-order chi connectivity index (χ1) is 12.9. The SMILES string of the molecule is C1=Cc2c(oc3cc(-c4cccc5c4[nH]c4ccccc45)ccc23)CC1. The summed E-state index contributed by atoms with van der Waals surface area (Å²) < 4.78 is 6.16. The largest absolute Gasteiger partial charge is 0.460 e. The number of H-pyrrole nitrogens is 1. The van der Waals surface area contributed by atoms with E-state index in [-0.39, 0.29) is 0 Å². The summed E-state index contributed by atoms with van der Waals surface area (Å²) in [5.74, 6) is 1.11. The molecule has 2 heterocycles. The van der Waals surface area contributed by atoms with Gasteiger partial charge in [-0.1, -0.05) is 54.6 Å². The Balaban J connectivity index is 1.62. The fraction of sp³-hybridized carbons (Fsp3) is 0.0833. The quantitative estimate of drug-likeness (QED) is 0.363. The highest BCUT2D eigenvalue weighted by Crippen LogP contribution is 2.37. The highest BCUT2D eigenvalue weighted by molar-refractivity contribution is 6.12. The van der Waals surface area contributed by atoms with E-state index >= 15 is 0 Å². The maximum Gasteiger partial charge on any atom is 0.135 e. The second-order valence-corrected chi connectivity index (χ2v) is 6.99. The molecule has 1 N–H and O–H groups in total. The van der Waals surface area contributed by atoms with E-state index in [4.69, 9.17) is 4.42 Å². The van der Waals surface area contributed by atoms with Crippen LogP contribution in [0.25, 0.3) is 50.0 Å². The van der Waals surface area contributed by atoms with Crippen molar-refractivity contribution in [2.24, 2.45) is 0 Å². The molecule has 3 aromatic carbocycles. The lowest BCUT2D eigenvalue weighted by atomic mass is 9.98. The van der Waals surface area contributed by atoms with Gasteiger partial charge < -0.3 is 9.40 Å². The van der Waals surface area contributed by atoms with E-state index in [0.29, 0.717) is 0 Å². The summed E-state index contributed by atoms with van der Waals surface area (Å²) >= 11 is 0. The third kappa shape index (κ3) is 1.87. The second kappa shape index (κ2) is 5.12. The number of benzene rings is 3. The summed E-state index contributed by atoms with van der Waals surface area (Å²) in [6.07, 6.45) is 6.49. The molecule has 0 amide bonds. The van der Waals surface area contributed by atoms with Crippen LogP contribution in [0.1, 0.15) is 17.7 Å². The minimum absolute atomic E-state index is 0.979. The molecule has 0 unspecified atom stereocenters. The van der Waals surface area contributed by atoms with Crippen molar-refractivity contribution >= 4 is 38.9 Å². The van der Waals surface area contributed by atoms with Gasteiger partial charge in [-0.15, -0.1) is 0 Å². The Labute approximate surface area is 150 Å². The van der Waals surface area contributed by atoms with Crippen molar-refractivity contribution in [1.29, 1.82) is 0 Å². The molecule has 0 saturated carbocycles. The second-order valence-electron chi connectivity index (χ2n) is 6.99. The average molecular weight is 335 g/mol. The zero-order valence-electron chi connectivity index (χ0n) is 14.3. The van der Waals surface area contributed by atoms with E-state index in [0.717, 1.165) is 24.2 Å². The standard InChI is InChI=1S/C24H17NO/c1-3-10-21-17(6-1)20-9-5-8-16(24(20)25-21)15-12-13-19-18-7-2-4-11-22(18)26-23(19)14-15/h1-3,5-10,12-14,25H,4,11H2. The number of para-hydroxylation sites is 2. The van der Waals surface area contributed by atoms with Crippen molar-refractivity contribution in [2.75, 3.05) is 0 Å². The molecule has 0 fully saturated rings. The van der Waals surface area contributed by atoms with Crippen molar-refractivity contribution < 1.29 is 4.42 Å². The highest BCUT2D eigenvalue weighted by Gasteiger charge is 2.16. The number of hydrogen-bond acceptors (Lipinski definition) is 1. The van der Waals surface area contributed by atoms with Crippen LogP contribution in [-0.4, -0.2) is 4.98 Å². The first kappa shape index (κ1) is 14.0. The van der Waals surface area contributed by atoms with Crippen molar-refractivity contribution in [2.45, 2.75) is 12.8 Å². The molecular weight excluding hydrogens is 318 g/mol. The van der Waals surface area contributed by atoms with Crippen LogP contribution in [0.15, 0.2) is 71.2 Å². The van der Waals surface area contributed by atoms with Crippen LogP contribution in [0, 0.1) is 0 Å². The number of nitrogens with one attached hydrogen (secondary N) is 1. The molecule has 124 valence electrons. The first-order valence-corrected chi connectivity index (χ1v) is 9.10. The van der Waals surface area contributed by atoms with Crippen LogP contribution in [0.3, 0.4) is 0 Å². The molecule has 1 aliphatic carbocycles. The summed E-state index contributed by atoms with van der Waals surface area (Å²) in [4.78, 5) is 3.60. The number of aryl methyl sites for hydroxylation is 1. The smallest absolute Gasteiger partial charge is 0.135 e. The van der Waals surface area contributed by atoms with Gasteiger partial charge in [0.2, 0.25) is 0 Å². The Morgan fingerprint density at radius 2 is 1.77 bits per heavy atom. The van der Waals surface area contributed by atoms with E-state index < -0.39 is 0 Å². The zero-order valence-corrected chi connectivity index (χ0v) is 14.3. The highest BCUT2D eigenvalue weighted by atomic mass is 16.3. The topological polar surface area (TPSA) is 28.9 Å². The maximum atomic E-state index is 6.16. The maximum absolute atomic E-state index is 6.16. The molecule has 0 radical (unpaired) electrons. The molecule has 2 heteroatoms. The number of hydrogen-bond donors (Lipinski definition) is 1. The number of allylic oxidation sites excluding steroid dienone is 1. The fourth-order valence-corrected chi connectivity index (χ4v) is 4.23. The molecule has 0 atom stereocenters. The summed E-state index contributed by atoms with van der Waals surface area (Å²) in [5.41, 5.74) is 6.99. The Kier molecular flexibility index (Phi) is 2.75. The van der Waals surface area contributed by atoms with Gasteiger partial charge in [-0.3, -0.25) is 0 Å². The van der Waals surface area contributed by atoms with E-state index in [9.17, 15) is 0 Å². The summed E-state index contributed by atoms with van der Waals surface area (Å²) in [6.45, 7) is 0. The molecule has 26 heavy (non-hydrogen) atoms. The van der Waals surface area contributed by atoms with E-state index in [2.05, 4.69) is 77.8 Å². The Bertz CT molecular complexity index is 1330. The Morgan fingerprint density at radius 3 is 2.77 bits per heavy atom. The zero-order chi connectivity index (χ0) is 17.1. The van der Waals surface area contributed by atoms with Gasteiger partial charge in [-0.05, 0) is 30.2 Å². The summed E-state index contributed by atoms with van der Waals surface area (Å²) in [7, 11) is 0. The lowest BCUT2D eigenvalue weighted by Crippen LogP contribution is -1.88. The van der Waals surface area contributed by atoms with Gasteiger partial charge in [0.05, 0.1) is 5.52 Å². The number of furan rings is 1. The summed E-state index contributed by atoms with van der Waals surface area (Å²) in [6, 6.07) is 21.6. The summed E-state index contributed by atoms with van der Waals surface area (Å²) in [5, 5.41) is 3.74. The number of rotatable bonds is 1. The number of aromatic amines is 1. The van der Waals surface area contributed by atoms with Gasteiger partial charge in [0.15, 0.2) is 0 Å². The normalized spacial score (nSPS) is 13.7. The molecule has 2 aromatic heterocycles. The van der Waals surface area contributed by atoms with Gasteiger partial charge in [-0.25, -0.2) is 0 Å². The molecule has 1 aliphatic rings. The number of fused-ring (bicyclic) bond motifs is 6. The van der Waals surface area contributed by atoms with Crippen molar-refractivity contribution in [3.05, 3.63) is 78.1 Å². The van der Waals surface area contributed by atoms with Crippen molar-refractivity contribution in [1.82, 2.24) is 4.98 Å². The third-order valence-electron chi connectivity index (χ3n) is 5.48. The molecule has 5 aromatic rings. The van der Waals surface area contributed by atoms with Crippen LogP contribution in [0.2, 0.25) is 0 Å². The first-order valence-electron chi connectivity index (χ1n) is 9.10. The molecule has 0 spiro atoms. The van der Waals surface area contributed by atoms with Crippen molar-refractivity contribution in [3.63, 3.8) is 0 Å². The predicted molar refractivity (Wildman–Crippen MR) is 108 cm³/mol. The predicted octanol–water partition coefficient (Wildman–Crippen LogP) is 6.69. The molecule has 2 nitrogen and oxygen atoms in total. The van der Waals surface area contributed by atoms with Crippen LogP contribution in [0.5, 0.6) is 0 Å². The van der Waals surface area contributed by atoms with Crippen LogP contribution in [-0.2, 0) is 6.42 Å². The van der Waals surface area contributed by atoms with Gasteiger partial charge in [0, 0.05) is 39.2 Å². The molecule has 6 rings (SSSR count). The van der Waals surface area contributed by atoms with E-state index in [1.807, 2.05) is 0 Å². The van der Waals surface area contributed by atoms with Crippen LogP contribution >= 0.6 is 0 Å². The Morgan fingerprint density at radius 1 is 0.846 bits per heavy atom.